The van der Waals surface area contributed by atoms with E-state index < -0.39 is 11.9 Å². The van der Waals surface area contributed by atoms with Crippen LogP contribution in [0.4, 0.5) is 0 Å². The van der Waals surface area contributed by atoms with Crippen LogP contribution in [-0.4, -0.2) is 27.1 Å². The molecule has 0 radical (unpaired) electrons. The van der Waals surface area contributed by atoms with Crippen LogP contribution in [0.15, 0.2) is 48.8 Å². The summed E-state index contributed by atoms with van der Waals surface area (Å²) in [5, 5.41) is 17.3. The lowest BCUT2D eigenvalue weighted by atomic mass is 10.2. The molecule has 0 amide bonds. The lowest BCUT2D eigenvalue weighted by molar-refractivity contribution is 0.0686. The second kappa shape index (κ2) is 7.13. The summed E-state index contributed by atoms with van der Waals surface area (Å²) in [5.74, 6) is -1.88. The number of aromatic carboxylic acids is 2. The largest absolute Gasteiger partial charge is 0.478 e. The molecular formula is C13H10ClNO4. The number of carboxylic acids is 2. The molecule has 1 aromatic carbocycles. The number of nitrogens with zero attached hydrogens (tertiary/aromatic N) is 1. The number of hydrogen-bond acceptors (Lipinski definition) is 3. The second-order valence-corrected chi connectivity index (χ2v) is 3.80. The number of hydrogen-bond donors (Lipinski definition) is 2. The standard InChI is InChI=1S/C7H5ClO2.C6H5NO2/c8-6-3-1-5(2-4-6)7(9)10;8-6(9)5-2-1-3-7-4-5/h1-4H,(H,9,10);1-4H,(H,8,9). The highest BCUT2D eigenvalue weighted by atomic mass is 35.5. The molecule has 1 heterocycles. The Morgan fingerprint density at radius 2 is 1.53 bits per heavy atom. The fourth-order valence-corrected chi connectivity index (χ4v) is 1.21. The molecule has 0 aliphatic rings. The molecule has 0 unspecified atom stereocenters. The van der Waals surface area contributed by atoms with Gasteiger partial charge in [0.15, 0.2) is 0 Å². The van der Waals surface area contributed by atoms with Crippen molar-refractivity contribution in [3.63, 3.8) is 0 Å². The molecule has 0 fully saturated rings. The van der Waals surface area contributed by atoms with Gasteiger partial charge in [0.1, 0.15) is 0 Å². The van der Waals surface area contributed by atoms with E-state index in [0.717, 1.165) is 0 Å². The third kappa shape index (κ3) is 5.18. The zero-order chi connectivity index (χ0) is 14.3. The van der Waals surface area contributed by atoms with Gasteiger partial charge in [-0.1, -0.05) is 11.6 Å². The average molecular weight is 280 g/mol. The predicted molar refractivity (Wildman–Crippen MR) is 69.6 cm³/mol. The van der Waals surface area contributed by atoms with Crippen LogP contribution in [0.2, 0.25) is 5.02 Å². The normalized spacial score (nSPS) is 9.11. The summed E-state index contributed by atoms with van der Waals surface area (Å²) in [5.41, 5.74) is 0.474. The zero-order valence-electron chi connectivity index (χ0n) is 9.65. The minimum absolute atomic E-state index is 0.220. The summed E-state index contributed by atoms with van der Waals surface area (Å²) in [6.07, 6.45) is 2.84. The molecule has 2 N–H and O–H groups in total. The predicted octanol–water partition coefficient (Wildman–Crippen LogP) is 2.82. The van der Waals surface area contributed by atoms with Crippen molar-refractivity contribution in [2.24, 2.45) is 0 Å². The number of benzene rings is 1. The highest BCUT2D eigenvalue weighted by molar-refractivity contribution is 6.30. The Bertz CT molecular complexity index is 555. The fourth-order valence-electron chi connectivity index (χ4n) is 1.08. The zero-order valence-corrected chi connectivity index (χ0v) is 10.4. The van der Waals surface area contributed by atoms with E-state index in [9.17, 15) is 9.59 Å². The van der Waals surface area contributed by atoms with E-state index in [4.69, 9.17) is 21.8 Å². The number of carbonyl (C=O) groups is 2. The van der Waals surface area contributed by atoms with Crippen LogP contribution in [0.5, 0.6) is 0 Å². The Morgan fingerprint density at radius 1 is 0.947 bits per heavy atom. The van der Waals surface area contributed by atoms with E-state index in [1.165, 1.54) is 30.6 Å². The van der Waals surface area contributed by atoms with Crippen molar-refractivity contribution < 1.29 is 19.8 Å². The molecule has 6 heteroatoms. The first-order chi connectivity index (χ1) is 9.00. The van der Waals surface area contributed by atoms with Gasteiger partial charge in [-0.3, -0.25) is 4.98 Å². The summed E-state index contributed by atoms with van der Waals surface area (Å²) in [6, 6.07) is 9.10. The smallest absolute Gasteiger partial charge is 0.337 e. The molecule has 0 saturated heterocycles. The SMILES string of the molecule is O=C(O)c1ccc(Cl)cc1.O=C(O)c1cccnc1. The van der Waals surface area contributed by atoms with Crippen LogP contribution in [0.1, 0.15) is 20.7 Å². The van der Waals surface area contributed by atoms with Crippen LogP contribution in [-0.2, 0) is 0 Å². The molecule has 19 heavy (non-hydrogen) atoms. The van der Waals surface area contributed by atoms with E-state index in [2.05, 4.69) is 4.98 Å². The van der Waals surface area contributed by atoms with Crippen molar-refractivity contribution in [2.75, 3.05) is 0 Å². The number of rotatable bonds is 2. The molecule has 1 aromatic heterocycles. The van der Waals surface area contributed by atoms with Crippen molar-refractivity contribution in [3.8, 4) is 0 Å². The van der Waals surface area contributed by atoms with Gasteiger partial charge in [0, 0.05) is 17.4 Å². The molecule has 5 nitrogen and oxygen atoms in total. The maximum atomic E-state index is 10.3. The van der Waals surface area contributed by atoms with Gasteiger partial charge >= 0.3 is 11.9 Å². The van der Waals surface area contributed by atoms with Gasteiger partial charge in [0.25, 0.3) is 0 Å². The summed E-state index contributed by atoms with van der Waals surface area (Å²) < 4.78 is 0. The first-order valence-corrected chi connectivity index (χ1v) is 5.50. The van der Waals surface area contributed by atoms with Crippen LogP contribution in [0, 0.1) is 0 Å². The van der Waals surface area contributed by atoms with E-state index in [1.54, 1.807) is 18.2 Å². The van der Waals surface area contributed by atoms with E-state index in [0.29, 0.717) is 5.02 Å². The van der Waals surface area contributed by atoms with Gasteiger partial charge in [0.05, 0.1) is 11.1 Å². The lowest BCUT2D eigenvalue weighted by Crippen LogP contribution is -1.94. The summed E-state index contributed by atoms with van der Waals surface area (Å²) in [7, 11) is 0. The third-order valence-corrected chi connectivity index (χ3v) is 2.25. The number of halogens is 1. The highest BCUT2D eigenvalue weighted by Gasteiger charge is 1.99. The molecule has 2 rings (SSSR count). The Hall–Kier alpha value is -2.40. The molecule has 2 aromatic rings. The van der Waals surface area contributed by atoms with Crippen molar-refractivity contribution in [1.29, 1.82) is 0 Å². The minimum atomic E-state index is -0.942. The van der Waals surface area contributed by atoms with Gasteiger partial charge in [0.2, 0.25) is 0 Å². The Balaban J connectivity index is 0.000000191. The number of pyridine rings is 1. The molecular weight excluding hydrogens is 270 g/mol. The van der Waals surface area contributed by atoms with Gasteiger partial charge in [-0.05, 0) is 36.4 Å². The van der Waals surface area contributed by atoms with Gasteiger partial charge in [-0.2, -0.15) is 0 Å². The number of carboxylic acid groups (broad SMARTS) is 2. The topological polar surface area (TPSA) is 87.5 Å². The molecule has 0 bridgehead atoms. The number of aromatic nitrogens is 1. The summed E-state index contributed by atoms with van der Waals surface area (Å²) >= 11 is 5.52. The summed E-state index contributed by atoms with van der Waals surface area (Å²) in [4.78, 5) is 24.1. The second-order valence-electron chi connectivity index (χ2n) is 3.36. The monoisotopic (exact) mass is 279 g/mol. The Labute approximate surface area is 114 Å². The van der Waals surface area contributed by atoms with Crippen LogP contribution >= 0.6 is 11.6 Å². The first-order valence-electron chi connectivity index (χ1n) is 5.13. The van der Waals surface area contributed by atoms with Crippen molar-refractivity contribution in [3.05, 3.63) is 64.9 Å². The van der Waals surface area contributed by atoms with Crippen molar-refractivity contribution in [1.82, 2.24) is 4.98 Å². The van der Waals surface area contributed by atoms with E-state index in [1.807, 2.05) is 0 Å². The quantitative estimate of drug-likeness (QED) is 0.882. The van der Waals surface area contributed by atoms with E-state index in [-0.39, 0.29) is 11.1 Å². The summed E-state index contributed by atoms with van der Waals surface area (Å²) in [6.45, 7) is 0. The minimum Gasteiger partial charge on any atom is -0.478 e. The van der Waals surface area contributed by atoms with Crippen LogP contribution in [0.3, 0.4) is 0 Å². The lowest BCUT2D eigenvalue weighted by Gasteiger charge is -1.91. The molecule has 0 aliphatic carbocycles. The maximum Gasteiger partial charge on any atom is 0.337 e. The molecule has 0 spiro atoms. The van der Waals surface area contributed by atoms with Crippen molar-refractivity contribution in [2.45, 2.75) is 0 Å². The molecule has 0 saturated carbocycles. The van der Waals surface area contributed by atoms with Crippen molar-refractivity contribution >= 4 is 23.5 Å². The van der Waals surface area contributed by atoms with Gasteiger partial charge in [-0.15, -0.1) is 0 Å². The average Bonchev–Trinajstić information content (AvgIpc) is 2.41. The molecule has 0 aliphatic heterocycles. The Morgan fingerprint density at radius 3 is 1.89 bits per heavy atom. The van der Waals surface area contributed by atoms with Crippen LogP contribution in [0.25, 0.3) is 0 Å². The first kappa shape index (κ1) is 14.7. The molecule has 98 valence electrons. The Kier molecular flexibility index (Phi) is 5.50. The highest BCUT2D eigenvalue weighted by Crippen LogP contribution is 2.08. The van der Waals surface area contributed by atoms with Gasteiger partial charge < -0.3 is 10.2 Å². The fraction of sp³-hybridized carbons (Fsp3) is 0. The van der Waals surface area contributed by atoms with Gasteiger partial charge in [-0.25, -0.2) is 9.59 Å². The third-order valence-electron chi connectivity index (χ3n) is 2.00. The molecule has 0 atom stereocenters. The van der Waals surface area contributed by atoms with E-state index >= 15 is 0 Å². The van der Waals surface area contributed by atoms with Crippen LogP contribution < -0.4 is 0 Å². The maximum absolute atomic E-state index is 10.3.